The molecule has 10 nitrogen and oxygen atoms in total. The number of amides is 1. The highest BCUT2D eigenvalue weighted by atomic mass is 16.5. The summed E-state index contributed by atoms with van der Waals surface area (Å²) in [5.74, 6) is 1.49. The Kier molecular flexibility index (Phi) is 13.6. The zero-order valence-corrected chi connectivity index (χ0v) is 33.6. The molecule has 1 fully saturated rings. The molecular weight excluding hydrogens is 723 g/mol. The normalized spacial score (nSPS) is 14.5. The van der Waals surface area contributed by atoms with Gasteiger partial charge in [-0.1, -0.05) is 73.9 Å². The summed E-state index contributed by atoms with van der Waals surface area (Å²) >= 11 is 0. The molecule has 10 heteroatoms. The van der Waals surface area contributed by atoms with Gasteiger partial charge in [-0.25, -0.2) is 4.68 Å². The monoisotopic (exact) mass is 771 g/mol. The molecule has 1 amide bonds. The third-order valence-corrected chi connectivity index (χ3v) is 10.6. The molecule has 1 N–H and O–H groups in total. The number of anilines is 2. The van der Waals surface area contributed by atoms with Crippen LogP contribution in [0.2, 0.25) is 0 Å². The van der Waals surface area contributed by atoms with Crippen molar-refractivity contribution in [3.8, 4) is 11.4 Å². The number of aryl methyl sites for hydroxylation is 2. The van der Waals surface area contributed by atoms with E-state index in [9.17, 15) is 9.59 Å². The molecule has 5 aromatic rings. The Bertz CT molecular complexity index is 2430. The molecule has 1 aromatic heterocycles. The smallest absolute Gasteiger partial charge is 0.492 e. The van der Waals surface area contributed by atoms with Gasteiger partial charge in [-0.3, -0.25) is 14.7 Å². The van der Waals surface area contributed by atoms with Crippen LogP contribution in [0.3, 0.4) is 0 Å². The van der Waals surface area contributed by atoms with Gasteiger partial charge in [-0.2, -0.15) is 19.8 Å². The number of hydrogen-bond acceptors (Lipinski definition) is 5. The van der Waals surface area contributed by atoms with Gasteiger partial charge in [0.1, 0.15) is 25.5 Å². The maximum absolute atomic E-state index is 12.9. The first-order chi connectivity index (χ1) is 28.2. The van der Waals surface area contributed by atoms with Crippen molar-refractivity contribution in [1.82, 2.24) is 9.78 Å². The van der Waals surface area contributed by atoms with E-state index < -0.39 is 0 Å². The Morgan fingerprint density at radius 1 is 0.879 bits per heavy atom. The highest BCUT2D eigenvalue weighted by Crippen LogP contribution is 2.33. The van der Waals surface area contributed by atoms with Gasteiger partial charge in [0.2, 0.25) is 0 Å². The van der Waals surface area contributed by atoms with E-state index in [4.69, 9.17) is 17.9 Å². The van der Waals surface area contributed by atoms with Gasteiger partial charge in [-0.05, 0) is 118 Å². The van der Waals surface area contributed by atoms with Gasteiger partial charge in [0.25, 0.3) is 11.5 Å². The van der Waals surface area contributed by atoms with E-state index in [1.54, 1.807) is 19.1 Å². The topological polar surface area (TPSA) is 91.7 Å². The van der Waals surface area contributed by atoms with Crippen molar-refractivity contribution in [3.05, 3.63) is 176 Å². The van der Waals surface area contributed by atoms with E-state index in [1.807, 2.05) is 86.6 Å². The Morgan fingerprint density at radius 2 is 1.53 bits per heavy atom. The quantitative estimate of drug-likeness (QED) is 0.107. The molecule has 0 bridgehead atoms. The van der Waals surface area contributed by atoms with Crippen LogP contribution in [0.1, 0.15) is 79.8 Å². The maximum Gasteiger partial charge on any atom is 0.519 e. The number of nitrogens with one attached hydrogen (secondary N) is 1. The molecule has 1 saturated carbocycles. The molecule has 58 heavy (non-hydrogen) atoms. The van der Waals surface area contributed by atoms with Crippen LogP contribution in [0.4, 0.5) is 11.4 Å². The average Bonchev–Trinajstić information content (AvgIpc) is 3.71. The summed E-state index contributed by atoms with van der Waals surface area (Å²) in [5, 5.41) is 8.79. The molecule has 0 saturated heterocycles. The summed E-state index contributed by atoms with van der Waals surface area (Å²) in [6, 6.07) is 33.4. The molecule has 0 atom stereocenters. The molecule has 2 heterocycles. The molecule has 1 aliphatic carbocycles. The zero-order chi connectivity index (χ0) is 41.0. The van der Waals surface area contributed by atoms with E-state index >= 15 is 0 Å². The fraction of sp³-hybridized carbons (Fsp3) is 0.271. The predicted octanol–water partition coefficient (Wildman–Crippen LogP) is 10.4. The van der Waals surface area contributed by atoms with Gasteiger partial charge in [0.15, 0.2) is 0 Å². The summed E-state index contributed by atoms with van der Waals surface area (Å²) < 4.78 is 7.50. The lowest BCUT2D eigenvalue weighted by Crippen LogP contribution is -2.28. The Hall–Kier alpha value is -6.91. The van der Waals surface area contributed by atoms with Gasteiger partial charge in [0.05, 0.1) is 34.8 Å². The van der Waals surface area contributed by atoms with E-state index in [0.717, 1.165) is 47.3 Å². The minimum absolute atomic E-state index is 0.0890. The SMILES string of the molecule is CC1=NN(c2ccccc2)C(=O)C1=Cc1c(C)[nH]n(-c2ccccc2)c1=O.[C-]#[N+]C(=Cc1ccc(N(CC)CCOc2ccc(C3CCCCC3)cc2)cc1C)[N+]#[C-]. The number of carbonyl (C=O) groups excluding carboxylic acids is 1. The first-order valence-corrected chi connectivity index (χ1v) is 19.8. The fourth-order valence-corrected chi connectivity index (χ4v) is 7.32. The number of likely N-dealkylation sites (N-methyl/N-ethyl adjacent to an activating group) is 1. The van der Waals surface area contributed by atoms with Crippen molar-refractivity contribution in [3.63, 3.8) is 0 Å². The highest BCUT2D eigenvalue weighted by molar-refractivity contribution is 6.32. The van der Waals surface area contributed by atoms with Crippen molar-refractivity contribution in [1.29, 1.82) is 0 Å². The number of hydrazone groups is 1. The van der Waals surface area contributed by atoms with Crippen LogP contribution in [-0.4, -0.2) is 41.1 Å². The van der Waals surface area contributed by atoms with Crippen LogP contribution in [0.15, 0.2) is 124 Å². The lowest BCUT2D eigenvalue weighted by atomic mass is 9.84. The van der Waals surface area contributed by atoms with Crippen LogP contribution in [0, 0.1) is 27.0 Å². The Labute approximate surface area is 341 Å². The number of aromatic amines is 1. The first-order valence-electron chi connectivity index (χ1n) is 19.8. The van der Waals surface area contributed by atoms with Crippen molar-refractivity contribution in [2.24, 2.45) is 5.10 Å². The molecule has 7 rings (SSSR count). The molecule has 0 unspecified atom stereocenters. The third-order valence-electron chi connectivity index (χ3n) is 10.6. The van der Waals surface area contributed by atoms with Crippen LogP contribution in [0.25, 0.3) is 27.5 Å². The number of nitrogens with zero attached hydrogens (tertiary/aromatic N) is 6. The molecule has 0 radical (unpaired) electrons. The van der Waals surface area contributed by atoms with E-state index in [1.165, 1.54) is 47.4 Å². The molecule has 4 aromatic carbocycles. The largest absolute Gasteiger partial charge is 0.519 e. The number of H-pyrrole nitrogens is 1. The minimum Gasteiger partial charge on any atom is -0.492 e. The molecular formula is C48H49N7O3. The van der Waals surface area contributed by atoms with E-state index in [-0.39, 0.29) is 17.3 Å². The van der Waals surface area contributed by atoms with Crippen molar-refractivity contribution >= 4 is 35.1 Å². The summed E-state index contributed by atoms with van der Waals surface area (Å²) in [6.45, 7) is 24.1. The highest BCUT2D eigenvalue weighted by Gasteiger charge is 2.29. The number of hydrogen-bond donors (Lipinski definition) is 1. The van der Waals surface area contributed by atoms with E-state index in [0.29, 0.717) is 34.8 Å². The first kappa shape index (κ1) is 40.7. The zero-order valence-electron chi connectivity index (χ0n) is 33.6. The molecule has 0 spiro atoms. The Balaban J connectivity index is 0.000000197. The summed E-state index contributed by atoms with van der Waals surface area (Å²) in [7, 11) is 0. The standard InChI is InChI=1S/C27H31N3O.C21H18N4O2/c1-5-30(25-14-11-24(21(2)19-25)20-27(28-3)29-4)17-18-31-26-15-12-23(13-16-26)22-9-7-6-8-10-22;1-14-18(20(26)24(22-14)16-9-5-3-6-10-16)13-19-15(2)23-25(21(19)27)17-11-7-4-8-12-17/h11-16,19-20,22H,5-10,17-18H2,1-2H3;3-13,22H,1-2H3. The maximum atomic E-state index is 12.9. The number of aromatic nitrogens is 2. The molecule has 2 aliphatic rings. The second-order valence-corrected chi connectivity index (χ2v) is 14.4. The number of benzene rings is 4. The summed E-state index contributed by atoms with van der Waals surface area (Å²) in [5.41, 5.74) is 7.91. The van der Waals surface area contributed by atoms with E-state index in [2.05, 4.69) is 62.0 Å². The second kappa shape index (κ2) is 19.3. The Morgan fingerprint density at radius 3 is 2.16 bits per heavy atom. The number of rotatable bonds is 11. The van der Waals surface area contributed by atoms with Gasteiger partial charge in [0, 0.05) is 24.0 Å². The number of para-hydroxylation sites is 2. The lowest BCUT2D eigenvalue weighted by molar-refractivity contribution is -0.114. The van der Waals surface area contributed by atoms with Gasteiger partial charge >= 0.3 is 5.82 Å². The van der Waals surface area contributed by atoms with Gasteiger partial charge in [-0.15, -0.1) is 0 Å². The second-order valence-electron chi connectivity index (χ2n) is 14.4. The third kappa shape index (κ3) is 9.72. The van der Waals surface area contributed by atoms with Crippen LogP contribution in [0.5, 0.6) is 5.75 Å². The van der Waals surface area contributed by atoms with Crippen LogP contribution >= 0.6 is 0 Å². The molecule has 294 valence electrons. The van der Waals surface area contributed by atoms with Crippen molar-refractivity contribution < 1.29 is 9.53 Å². The van der Waals surface area contributed by atoms with Crippen LogP contribution in [-0.2, 0) is 4.79 Å². The fourth-order valence-electron chi connectivity index (χ4n) is 7.32. The minimum atomic E-state index is -0.245. The summed E-state index contributed by atoms with van der Waals surface area (Å²) in [4.78, 5) is 34.5. The summed E-state index contributed by atoms with van der Waals surface area (Å²) in [6.07, 6.45) is 9.99. The van der Waals surface area contributed by atoms with Crippen molar-refractivity contribution in [2.45, 2.75) is 65.7 Å². The number of ether oxygens (including phenoxy) is 1. The molecule has 1 aliphatic heterocycles. The average molecular weight is 772 g/mol. The van der Waals surface area contributed by atoms with Crippen LogP contribution < -0.4 is 20.2 Å². The van der Waals surface area contributed by atoms with Gasteiger partial charge < -0.3 is 9.64 Å². The lowest BCUT2D eigenvalue weighted by Gasteiger charge is -2.24. The van der Waals surface area contributed by atoms with Crippen molar-refractivity contribution in [2.75, 3.05) is 29.6 Å². The predicted molar refractivity (Wildman–Crippen MR) is 234 cm³/mol. The number of carbonyl (C=O) groups is 1.